The van der Waals surface area contributed by atoms with Crippen LogP contribution in [0.1, 0.15) is 26.3 Å². The molecule has 1 aliphatic rings. The summed E-state index contributed by atoms with van der Waals surface area (Å²) in [5, 5.41) is 8.94. The van der Waals surface area contributed by atoms with Gasteiger partial charge in [-0.3, -0.25) is 4.90 Å². The van der Waals surface area contributed by atoms with E-state index >= 15 is 0 Å². The average Bonchev–Trinajstić information content (AvgIpc) is 2.38. The number of rotatable bonds is 1. The van der Waals surface area contributed by atoms with Crippen LogP contribution in [0.5, 0.6) is 0 Å². The predicted octanol–water partition coefficient (Wildman–Crippen LogP) is 3.24. The van der Waals surface area contributed by atoms with Gasteiger partial charge in [-0.2, -0.15) is 5.26 Å². The SMILES string of the molecule is CC(C)(C)N1CCN(c2ccc(C#N)c(Br)c2)CC1. The Balaban J connectivity index is 2.06. The van der Waals surface area contributed by atoms with E-state index in [1.54, 1.807) is 0 Å². The van der Waals surface area contributed by atoms with Crippen molar-refractivity contribution in [3.63, 3.8) is 0 Å². The standard InChI is InChI=1S/C15H20BrN3/c1-15(2,3)19-8-6-18(7-9-19)13-5-4-12(11-17)14(16)10-13/h4-5,10H,6-9H2,1-3H3. The normalized spacial score (nSPS) is 17.3. The van der Waals surface area contributed by atoms with Gasteiger partial charge in [-0.05, 0) is 54.9 Å². The highest BCUT2D eigenvalue weighted by molar-refractivity contribution is 9.10. The van der Waals surface area contributed by atoms with Gasteiger partial charge >= 0.3 is 0 Å². The molecule has 2 rings (SSSR count). The Labute approximate surface area is 123 Å². The Kier molecular flexibility index (Phi) is 4.17. The molecule has 0 spiro atoms. The molecule has 4 heteroatoms. The number of hydrogen-bond acceptors (Lipinski definition) is 3. The molecule has 0 aliphatic carbocycles. The largest absolute Gasteiger partial charge is 0.369 e. The first-order valence-corrected chi connectivity index (χ1v) is 7.41. The van der Waals surface area contributed by atoms with Crippen molar-refractivity contribution >= 4 is 21.6 Å². The van der Waals surface area contributed by atoms with Crippen molar-refractivity contribution in [1.29, 1.82) is 5.26 Å². The highest BCUT2D eigenvalue weighted by atomic mass is 79.9. The second-order valence-corrected chi connectivity index (χ2v) is 6.78. The minimum atomic E-state index is 0.247. The van der Waals surface area contributed by atoms with Gasteiger partial charge in [-0.25, -0.2) is 0 Å². The van der Waals surface area contributed by atoms with Gasteiger partial charge in [0.25, 0.3) is 0 Å². The van der Waals surface area contributed by atoms with Gasteiger partial charge in [0.1, 0.15) is 6.07 Å². The maximum atomic E-state index is 8.94. The molecule has 1 aliphatic heterocycles. The highest BCUT2D eigenvalue weighted by Crippen LogP contribution is 2.25. The van der Waals surface area contributed by atoms with Crippen LogP contribution in [0, 0.1) is 11.3 Å². The van der Waals surface area contributed by atoms with Crippen molar-refractivity contribution in [2.45, 2.75) is 26.3 Å². The van der Waals surface area contributed by atoms with Crippen molar-refractivity contribution in [1.82, 2.24) is 4.90 Å². The van der Waals surface area contributed by atoms with E-state index in [0.29, 0.717) is 5.56 Å². The first kappa shape index (κ1) is 14.4. The van der Waals surface area contributed by atoms with Crippen LogP contribution in [-0.2, 0) is 0 Å². The average molecular weight is 322 g/mol. The van der Waals surface area contributed by atoms with Crippen molar-refractivity contribution in [3.05, 3.63) is 28.2 Å². The first-order chi connectivity index (χ1) is 8.91. The third-order valence-electron chi connectivity index (χ3n) is 3.67. The molecule has 0 radical (unpaired) electrons. The number of piperazine rings is 1. The Morgan fingerprint density at radius 1 is 1.16 bits per heavy atom. The molecule has 0 unspecified atom stereocenters. The molecule has 0 saturated carbocycles. The molecular formula is C15H20BrN3. The monoisotopic (exact) mass is 321 g/mol. The van der Waals surface area contributed by atoms with E-state index < -0.39 is 0 Å². The summed E-state index contributed by atoms with van der Waals surface area (Å²) in [7, 11) is 0. The van der Waals surface area contributed by atoms with Crippen LogP contribution in [0.25, 0.3) is 0 Å². The topological polar surface area (TPSA) is 30.3 Å². The second-order valence-electron chi connectivity index (χ2n) is 5.92. The summed E-state index contributed by atoms with van der Waals surface area (Å²) in [6, 6.07) is 8.15. The summed E-state index contributed by atoms with van der Waals surface area (Å²) >= 11 is 3.46. The first-order valence-electron chi connectivity index (χ1n) is 6.61. The third kappa shape index (κ3) is 3.29. The van der Waals surface area contributed by atoms with Crippen molar-refractivity contribution in [2.24, 2.45) is 0 Å². The van der Waals surface area contributed by atoms with E-state index in [2.05, 4.69) is 52.6 Å². The van der Waals surface area contributed by atoms with Crippen LogP contribution in [-0.4, -0.2) is 36.6 Å². The van der Waals surface area contributed by atoms with E-state index in [1.807, 2.05) is 18.2 Å². The van der Waals surface area contributed by atoms with Crippen LogP contribution in [0.4, 0.5) is 5.69 Å². The van der Waals surface area contributed by atoms with E-state index in [1.165, 1.54) is 5.69 Å². The van der Waals surface area contributed by atoms with E-state index in [0.717, 1.165) is 30.7 Å². The van der Waals surface area contributed by atoms with E-state index in [-0.39, 0.29) is 5.54 Å². The number of anilines is 1. The van der Waals surface area contributed by atoms with Crippen molar-refractivity contribution in [2.75, 3.05) is 31.1 Å². The number of benzene rings is 1. The van der Waals surface area contributed by atoms with Crippen LogP contribution in [0.2, 0.25) is 0 Å². The van der Waals surface area contributed by atoms with Gasteiger partial charge in [-0.1, -0.05) is 0 Å². The molecular weight excluding hydrogens is 302 g/mol. The quantitative estimate of drug-likeness (QED) is 0.795. The molecule has 1 aromatic rings. The molecule has 0 N–H and O–H groups in total. The van der Waals surface area contributed by atoms with Gasteiger partial charge in [0, 0.05) is 41.9 Å². The van der Waals surface area contributed by atoms with Crippen LogP contribution in [0.3, 0.4) is 0 Å². The highest BCUT2D eigenvalue weighted by Gasteiger charge is 2.25. The van der Waals surface area contributed by atoms with Crippen LogP contribution >= 0.6 is 15.9 Å². The second kappa shape index (κ2) is 5.52. The minimum absolute atomic E-state index is 0.247. The number of halogens is 1. The molecule has 1 saturated heterocycles. The minimum Gasteiger partial charge on any atom is -0.369 e. The summed E-state index contributed by atoms with van der Waals surface area (Å²) in [5.41, 5.74) is 2.13. The summed E-state index contributed by atoms with van der Waals surface area (Å²) < 4.78 is 0.880. The Hall–Kier alpha value is -1.05. The molecule has 3 nitrogen and oxygen atoms in total. The lowest BCUT2D eigenvalue weighted by Crippen LogP contribution is -2.53. The maximum Gasteiger partial charge on any atom is 0.100 e. The molecule has 0 amide bonds. The predicted molar refractivity (Wildman–Crippen MR) is 82.4 cm³/mol. The number of nitriles is 1. The van der Waals surface area contributed by atoms with Crippen molar-refractivity contribution in [3.8, 4) is 6.07 Å². The summed E-state index contributed by atoms with van der Waals surface area (Å²) in [5.74, 6) is 0. The fourth-order valence-electron chi connectivity index (χ4n) is 2.43. The lowest BCUT2D eigenvalue weighted by molar-refractivity contribution is 0.128. The lowest BCUT2D eigenvalue weighted by Gasteiger charge is -2.43. The zero-order valence-electron chi connectivity index (χ0n) is 11.8. The van der Waals surface area contributed by atoms with Gasteiger partial charge in [0.15, 0.2) is 0 Å². The number of hydrogen-bond donors (Lipinski definition) is 0. The maximum absolute atomic E-state index is 8.94. The fraction of sp³-hybridized carbons (Fsp3) is 0.533. The van der Waals surface area contributed by atoms with Gasteiger partial charge in [0.2, 0.25) is 0 Å². The summed E-state index contributed by atoms with van der Waals surface area (Å²) in [6.45, 7) is 11.0. The molecule has 1 fully saturated rings. The number of nitrogens with zero attached hydrogens (tertiary/aromatic N) is 3. The van der Waals surface area contributed by atoms with Gasteiger partial charge in [0.05, 0.1) is 5.56 Å². The fourth-order valence-corrected chi connectivity index (χ4v) is 2.88. The molecule has 0 aromatic heterocycles. The Bertz CT molecular complexity index is 491. The Morgan fingerprint density at radius 2 is 1.79 bits per heavy atom. The van der Waals surface area contributed by atoms with Gasteiger partial charge < -0.3 is 4.90 Å². The summed E-state index contributed by atoms with van der Waals surface area (Å²) in [6.07, 6.45) is 0. The molecule has 19 heavy (non-hydrogen) atoms. The van der Waals surface area contributed by atoms with E-state index in [4.69, 9.17) is 5.26 Å². The molecule has 0 bridgehead atoms. The zero-order chi connectivity index (χ0) is 14.0. The van der Waals surface area contributed by atoms with Crippen LogP contribution < -0.4 is 4.90 Å². The molecule has 1 heterocycles. The van der Waals surface area contributed by atoms with Crippen molar-refractivity contribution < 1.29 is 0 Å². The summed E-state index contributed by atoms with van der Waals surface area (Å²) in [4.78, 5) is 4.90. The molecule has 102 valence electrons. The van der Waals surface area contributed by atoms with Crippen LogP contribution in [0.15, 0.2) is 22.7 Å². The smallest absolute Gasteiger partial charge is 0.100 e. The molecule has 1 aromatic carbocycles. The Morgan fingerprint density at radius 3 is 2.26 bits per heavy atom. The zero-order valence-corrected chi connectivity index (χ0v) is 13.4. The van der Waals surface area contributed by atoms with Gasteiger partial charge in [-0.15, -0.1) is 0 Å². The molecule has 0 atom stereocenters. The third-order valence-corrected chi connectivity index (χ3v) is 4.32. The van der Waals surface area contributed by atoms with E-state index in [9.17, 15) is 0 Å². The lowest BCUT2D eigenvalue weighted by atomic mass is 10.0.